The molecule has 0 radical (unpaired) electrons. The van der Waals surface area contributed by atoms with Gasteiger partial charge in [-0.25, -0.2) is 0 Å². The van der Waals surface area contributed by atoms with Gasteiger partial charge in [-0.15, -0.1) is 0 Å². The van der Waals surface area contributed by atoms with Crippen molar-refractivity contribution in [3.8, 4) is 0 Å². The number of aliphatic hydroxyl groups is 1. The van der Waals surface area contributed by atoms with Crippen molar-refractivity contribution >= 4 is 6.29 Å². The first-order chi connectivity index (χ1) is 13.1. The topological polar surface area (TPSA) is 80.4 Å². The molecule has 0 fully saturated rings. The summed E-state index contributed by atoms with van der Waals surface area (Å²) in [6.07, 6.45) is 24.0. The Labute approximate surface area is 163 Å². The van der Waals surface area contributed by atoms with Crippen LogP contribution in [0.4, 0.5) is 0 Å². The number of hydrogen-bond acceptors (Lipinski definition) is 4. The smallest absolute Gasteiger partial charge is 0.241 e. The lowest BCUT2D eigenvalue weighted by Gasteiger charge is -2.13. The summed E-state index contributed by atoms with van der Waals surface area (Å²) < 4.78 is 0. The van der Waals surface area contributed by atoms with Gasteiger partial charge in [0.1, 0.15) is 12.4 Å². The molecule has 27 heavy (non-hydrogen) atoms. The quantitative estimate of drug-likeness (QED) is 0.122. The van der Waals surface area contributed by atoms with Crippen LogP contribution in [0.3, 0.4) is 0 Å². The zero-order valence-corrected chi connectivity index (χ0v) is 16.5. The summed E-state index contributed by atoms with van der Waals surface area (Å²) in [4.78, 5) is 20.8. The first kappa shape index (κ1) is 25.0. The molecule has 0 aliphatic rings. The molecule has 152 valence electrons. The van der Waals surface area contributed by atoms with E-state index in [2.05, 4.69) is 37.3 Å². The molecule has 2 atom stereocenters. The lowest BCUT2D eigenvalue weighted by molar-refractivity contribution is -0.533. The second kappa shape index (κ2) is 18.8. The fourth-order valence-electron chi connectivity index (χ4n) is 2.49. The molecule has 0 saturated carbocycles. The maximum absolute atomic E-state index is 11.0. The van der Waals surface area contributed by atoms with Gasteiger partial charge in [0.15, 0.2) is 0 Å². The van der Waals surface area contributed by atoms with Crippen molar-refractivity contribution in [3.05, 3.63) is 58.7 Å². The Kier molecular flexibility index (Phi) is 17.4. The molecule has 0 saturated heterocycles. The van der Waals surface area contributed by atoms with Gasteiger partial charge in [-0.2, -0.15) is 0 Å². The Hall–Kier alpha value is -2.01. The van der Waals surface area contributed by atoms with Crippen LogP contribution in [0, 0.1) is 10.1 Å². The van der Waals surface area contributed by atoms with Crippen LogP contribution in [0.5, 0.6) is 0 Å². The van der Waals surface area contributed by atoms with Gasteiger partial charge in [0.05, 0.1) is 0 Å². The van der Waals surface area contributed by atoms with Crippen molar-refractivity contribution < 1.29 is 14.8 Å². The number of nitrogens with zero attached hydrogens (tertiary/aromatic N) is 1. The second-order valence-electron chi connectivity index (χ2n) is 6.49. The normalized spacial score (nSPS) is 14.6. The minimum Gasteiger partial charge on any atom is -0.386 e. The average Bonchev–Trinajstić information content (AvgIpc) is 2.65. The number of nitro groups is 1. The van der Waals surface area contributed by atoms with Crippen molar-refractivity contribution in [2.75, 3.05) is 0 Å². The van der Waals surface area contributed by atoms with Gasteiger partial charge < -0.3 is 9.90 Å². The highest BCUT2D eigenvalue weighted by atomic mass is 16.6. The predicted molar refractivity (Wildman–Crippen MR) is 111 cm³/mol. The molecule has 0 amide bonds. The fourth-order valence-corrected chi connectivity index (χ4v) is 2.49. The van der Waals surface area contributed by atoms with E-state index in [4.69, 9.17) is 0 Å². The van der Waals surface area contributed by atoms with Crippen molar-refractivity contribution in [1.82, 2.24) is 0 Å². The molecular formula is C22H35NO4. The zero-order chi connectivity index (χ0) is 20.2. The minimum atomic E-state index is -1.09. The monoisotopic (exact) mass is 377 g/mol. The Morgan fingerprint density at radius 1 is 0.889 bits per heavy atom. The molecule has 2 unspecified atom stereocenters. The Morgan fingerprint density at radius 3 is 1.96 bits per heavy atom. The third-order valence-electron chi connectivity index (χ3n) is 4.13. The maximum atomic E-state index is 11.0. The molecule has 5 nitrogen and oxygen atoms in total. The van der Waals surface area contributed by atoms with Gasteiger partial charge in [-0.05, 0) is 38.5 Å². The summed E-state index contributed by atoms with van der Waals surface area (Å²) in [5, 5.41) is 20.7. The van der Waals surface area contributed by atoms with Crippen LogP contribution in [0.1, 0.15) is 71.1 Å². The summed E-state index contributed by atoms with van der Waals surface area (Å²) in [6.45, 7) is 2.21. The fraction of sp³-hybridized carbons (Fsp3) is 0.591. The Morgan fingerprint density at radius 2 is 1.44 bits per heavy atom. The third kappa shape index (κ3) is 15.9. The lowest BCUT2D eigenvalue weighted by Crippen LogP contribution is -2.33. The minimum absolute atomic E-state index is 0.128. The number of unbranched alkanes of at least 4 members (excludes halogenated alkanes) is 3. The van der Waals surface area contributed by atoms with E-state index in [0.29, 0.717) is 12.7 Å². The van der Waals surface area contributed by atoms with Crippen molar-refractivity contribution in [2.24, 2.45) is 0 Å². The van der Waals surface area contributed by atoms with Crippen LogP contribution in [0.15, 0.2) is 48.6 Å². The highest BCUT2D eigenvalue weighted by Crippen LogP contribution is 2.10. The van der Waals surface area contributed by atoms with Gasteiger partial charge in [-0.1, -0.05) is 68.4 Å². The van der Waals surface area contributed by atoms with E-state index in [-0.39, 0.29) is 19.3 Å². The third-order valence-corrected chi connectivity index (χ3v) is 4.13. The van der Waals surface area contributed by atoms with Crippen LogP contribution < -0.4 is 0 Å². The number of hydrogen-bond donors (Lipinski definition) is 1. The van der Waals surface area contributed by atoms with E-state index in [9.17, 15) is 20.0 Å². The highest BCUT2D eigenvalue weighted by Gasteiger charge is 2.27. The molecular weight excluding hydrogens is 342 g/mol. The molecule has 1 N–H and O–H groups in total. The van der Waals surface area contributed by atoms with Gasteiger partial charge in [0.2, 0.25) is 6.04 Å². The zero-order valence-electron chi connectivity index (χ0n) is 16.5. The molecule has 0 heterocycles. The van der Waals surface area contributed by atoms with Crippen molar-refractivity contribution in [1.29, 1.82) is 0 Å². The van der Waals surface area contributed by atoms with E-state index in [1.165, 1.54) is 25.7 Å². The Bertz CT molecular complexity index is 495. The highest BCUT2D eigenvalue weighted by molar-refractivity contribution is 5.49. The largest absolute Gasteiger partial charge is 0.386 e. The standard InChI is InChI=1S/C22H35NO4/c1-2-3-4-5-6-7-8-9-10-11-12-13-14-15-16-18-21(23(26)27)22(25)19-17-20-24/h6-7,9-10,12-13,15-16,20-22,25H,2-5,8,11,14,17-19H2,1H3/b7-6-,10-9-,13-12-,16-15-. The van der Waals surface area contributed by atoms with E-state index in [0.717, 1.165) is 12.8 Å². The Balaban J connectivity index is 3.88. The second-order valence-corrected chi connectivity index (χ2v) is 6.49. The first-order valence-corrected chi connectivity index (χ1v) is 9.98. The van der Waals surface area contributed by atoms with E-state index >= 15 is 0 Å². The molecule has 0 aromatic rings. The molecule has 0 rings (SSSR count). The van der Waals surface area contributed by atoms with Gasteiger partial charge in [-0.3, -0.25) is 10.1 Å². The summed E-state index contributed by atoms with van der Waals surface area (Å²) in [7, 11) is 0. The van der Waals surface area contributed by atoms with Crippen LogP contribution in [0.2, 0.25) is 0 Å². The first-order valence-electron chi connectivity index (χ1n) is 9.98. The van der Waals surface area contributed by atoms with Crippen LogP contribution in [-0.2, 0) is 4.79 Å². The number of allylic oxidation sites excluding steroid dienone is 7. The maximum Gasteiger partial charge on any atom is 0.241 e. The molecule has 0 bridgehead atoms. The molecule has 0 aromatic carbocycles. The number of carbonyl (C=O) groups is 1. The summed E-state index contributed by atoms with van der Waals surface area (Å²) >= 11 is 0. The van der Waals surface area contributed by atoms with Crippen LogP contribution in [0.25, 0.3) is 0 Å². The lowest BCUT2D eigenvalue weighted by atomic mass is 10.0. The van der Waals surface area contributed by atoms with E-state index in [1.807, 2.05) is 12.2 Å². The molecule has 5 heteroatoms. The molecule has 0 aliphatic carbocycles. The predicted octanol–water partition coefficient (Wildman–Crippen LogP) is 5.34. The summed E-state index contributed by atoms with van der Waals surface area (Å²) in [6, 6.07) is -1.05. The summed E-state index contributed by atoms with van der Waals surface area (Å²) in [5.41, 5.74) is 0. The molecule has 0 aliphatic heterocycles. The van der Waals surface area contributed by atoms with Crippen LogP contribution in [-0.4, -0.2) is 28.5 Å². The van der Waals surface area contributed by atoms with Gasteiger partial charge in [0.25, 0.3) is 0 Å². The van der Waals surface area contributed by atoms with Crippen molar-refractivity contribution in [2.45, 2.75) is 83.3 Å². The van der Waals surface area contributed by atoms with Gasteiger partial charge >= 0.3 is 0 Å². The van der Waals surface area contributed by atoms with Crippen molar-refractivity contribution in [3.63, 3.8) is 0 Å². The average molecular weight is 378 g/mol. The van der Waals surface area contributed by atoms with Gasteiger partial charge in [0, 0.05) is 17.8 Å². The van der Waals surface area contributed by atoms with E-state index in [1.54, 1.807) is 6.08 Å². The van der Waals surface area contributed by atoms with Crippen LogP contribution >= 0.6 is 0 Å². The number of carbonyl (C=O) groups excluding carboxylic acids is 1. The SMILES string of the molecule is CCCCC/C=C\C/C=C\C/C=C\C/C=C\CC(C(O)CCC=O)[N+](=O)[O-]. The molecule has 0 aromatic heterocycles. The number of rotatable bonds is 17. The number of aliphatic hydroxyl groups excluding tert-OH is 1. The molecule has 0 spiro atoms. The summed E-state index contributed by atoms with van der Waals surface area (Å²) in [5.74, 6) is 0. The van der Waals surface area contributed by atoms with E-state index < -0.39 is 17.1 Å². The number of aldehydes is 1.